The molecule has 0 spiro atoms. The average molecular weight is 379 g/mol. The van der Waals surface area contributed by atoms with E-state index < -0.39 is 17.8 Å². The van der Waals surface area contributed by atoms with Gasteiger partial charge in [-0.15, -0.1) is 11.3 Å². The summed E-state index contributed by atoms with van der Waals surface area (Å²) in [5.41, 5.74) is 0.194. The Hall–Kier alpha value is -3.07. The molecule has 0 aliphatic heterocycles. The summed E-state index contributed by atoms with van der Waals surface area (Å²) >= 11 is 1.02. The van der Waals surface area contributed by atoms with E-state index in [0.29, 0.717) is 16.4 Å². The minimum atomic E-state index is -1.20. The van der Waals surface area contributed by atoms with Crippen LogP contribution in [0.5, 0.6) is 11.5 Å². The molecular weight excluding hydrogens is 362 g/mol. The van der Waals surface area contributed by atoms with Crippen LogP contribution in [0.1, 0.15) is 32.5 Å². The number of hydrogen-bond donors (Lipinski definition) is 2. The van der Waals surface area contributed by atoms with Gasteiger partial charge in [0.25, 0.3) is 5.91 Å². The van der Waals surface area contributed by atoms with Crippen LogP contribution in [0, 0.1) is 0 Å². The van der Waals surface area contributed by atoms with Crippen molar-refractivity contribution in [3.8, 4) is 11.5 Å². The molecule has 0 aliphatic rings. The number of carboxylic acid groups (broad SMARTS) is 1. The number of carbonyl (C=O) groups is 3. The van der Waals surface area contributed by atoms with Crippen LogP contribution in [-0.2, 0) is 16.1 Å². The summed E-state index contributed by atoms with van der Waals surface area (Å²) in [6.07, 6.45) is 0. The fourth-order valence-electron chi connectivity index (χ4n) is 2.09. The third kappa shape index (κ3) is 4.51. The van der Waals surface area contributed by atoms with Crippen molar-refractivity contribution in [3.05, 3.63) is 40.3 Å². The Morgan fingerprint density at radius 2 is 1.81 bits per heavy atom. The first kappa shape index (κ1) is 19.3. The van der Waals surface area contributed by atoms with Gasteiger partial charge in [-0.2, -0.15) is 0 Å². The van der Waals surface area contributed by atoms with Crippen molar-refractivity contribution in [2.75, 3.05) is 19.5 Å². The standard InChI is InChI=1S/C17H17NO7S/c1-9(19)25-8-11-7-12(17(21)22)16(26-11)18-15(20)10-4-5-13(23-2)14(6-10)24-3/h4-7H,8H2,1-3H3,(H,18,20)(H,21,22). The number of benzene rings is 1. The van der Waals surface area contributed by atoms with Crippen molar-refractivity contribution in [2.45, 2.75) is 13.5 Å². The fraction of sp³-hybridized carbons (Fsp3) is 0.235. The van der Waals surface area contributed by atoms with Crippen LogP contribution in [0.4, 0.5) is 5.00 Å². The SMILES string of the molecule is COc1ccc(C(=O)Nc2sc(COC(C)=O)cc2C(=O)O)cc1OC. The summed E-state index contributed by atoms with van der Waals surface area (Å²) in [6.45, 7) is 1.19. The van der Waals surface area contributed by atoms with E-state index in [-0.39, 0.29) is 22.7 Å². The average Bonchev–Trinajstić information content (AvgIpc) is 3.02. The molecule has 1 heterocycles. The van der Waals surface area contributed by atoms with Gasteiger partial charge in [0.2, 0.25) is 0 Å². The van der Waals surface area contributed by atoms with Crippen LogP contribution in [0.15, 0.2) is 24.3 Å². The van der Waals surface area contributed by atoms with Gasteiger partial charge in [-0.25, -0.2) is 4.79 Å². The molecule has 0 aliphatic carbocycles. The molecule has 0 saturated heterocycles. The molecule has 2 rings (SSSR count). The van der Waals surface area contributed by atoms with Gasteiger partial charge in [0.1, 0.15) is 11.6 Å². The molecule has 0 atom stereocenters. The molecule has 26 heavy (non-hydrogen) atoms. The Labute approximate surface area is 153 Å². The third-order valence-corrected chi connectivity index (χ3v) is 4.33. The Bertz CT molecular complexity index is 844. The highest BCUT2D eigenvalue weighted by atomic mass is 32.1. The maximum atomic E-state index is 12.5. The molecule has 8 nitrogen and oxygen atoms in total. The second-order valence-corrected chi connectivity index (χ2v) is 6.20. The topological polar surface area (TPSA) is 111 Å². The predicted molar refractivity (Wildman–Crippen MR) is 94.2 cm³/mol. The van der Waals surface area contributed by atoms with E-state index >= 15 is 0 Å². The molecule has 0 fully saturated rings. The molecule has 1 aromatic heterocycles. The quantitative estimate of drug-likeness (QED) is 0.712. The van der Waals surface area contributed by atoms with Crippen LogP contribution >= 0.6 is 11.3 Å². The summed E-state index contributed by atoms with van der Waals surface area (Å²) in [7, 11) is 2.93. The molecule has 1 amide bonds. The zero-order valence-corrected chi connectivity index (χ0v) is 15.1. The Morgan fingerprint density at radius 1 is 1.12 bits per heavy atom. The highest BCUT2D eigenvalue weighted by Crippen LogP contribution is 2.31. The van der Waals surface area contributed by atoms with E-state index in [2.05, 4.69) is 5.32 Å². The van der Waals surface area contributed by atoms with E-state index in [4.69, 9.17) is 14.2 Å². The third-order valence-electron chi connectivity index (χ3n) is 3.30. The highest BCUT2D eigenvalue weighted by Gasteiger charge is 2.19. The number of esters is 1. The van der Waals surface area contributed by atoms with Crippen molar-refractivity contribution in [1.29, 1.82) is 0 Å². The minimum absolute atomic E-state index is 0.0630. The van der Waals surface area contributed by atoms with Crippen molar-refractivity contribution in [2.24, 2.45) is 0 Å². The summed E-state index contributed by atoms with van der Waals surface area (Å²) in [4.78, 5) is 35.2. The number of methoxy groups -OCH3 is 2. The number of ether oxygens (including phenoxy) is 3. The number of amides is 1. The van der Waals surface area contributed by atoms with Gasteiger partial charge >= 0.3 is 11.9 Å². The van der Waals surface area contributed by atoms with Gasteiger partial charge in [0, 0.05) is 17.4 Å². The molecule has 2 aromatic rings. The smallest absolute Gasteiger partial charge is 0.338 e. The van der Waals surface area contributed by atoms with Crippen LogP contribution < -0.4 is 14.8 Å². The Balaban J connectivity index is 2.25. The summed E-state index contributed by atoms with van der Waals surface area (Å²) in [6, 6.07) is 5.96. The van der Waals surface area contributed by atoms with Gasteiger partial charge in [-0.1, -0.05) is 0 Å². The van der Waals surface area contributed by atoms with E-state index in [1.807, 2.05) is 0 Å². The van der Waals surface area contributed by atoms with Crippen LogP contribution in [-0.4, -0.2) is 37.2 Å². The molecule has 0 unspecified atom stereocenters. The second-order valence-electron chi connectivity index (χ2n) is 5.06. The normalized spacial score (nSPS) is 10.1. The minimum Gasteiger partial charge on any atom is -0.493 e. The maximum Gasteiger partial charge on any atom is 0.338 e. The molecule has 2 N–H and O–H groups in total. The fourth-order valence-corrected chi connectivity index (χ4v) is 3.05. The molecule has 9 heteroatoms. The summed E-state index contributed by atoms with van der Waals surface area (Å²) in [5.74, 6) is -1.34. The van der Waals surface area contributed by atoms with Gasteiger partial charge < -0.3 is 24.6 Å². The molecule has 138 valence electrons. The Morgan fingerprint density at radius 3 is 2.38 bits per heavy atom. The highest BCUT2D eigenvalue weighted by molar-refractivity contribution is 7.16. The Kier molecular flexibility index (Phi) is 6.18. The van der Waals surface area contributed by atoms with E-state index in [1.165, 1.54) is 39.3 Å². The van der Waals surface area contributed by atoms with Crippen molar-refractivity contribution >= 4 is 34.2 Å². The van der Waals surface area contributed by atoms with Crippen molar-refractivity contribution in [1.82, 2.24) is 0 Å². The first-order chi connectivity index (χ1) is 12.3. The van der Waals surface area contributed by atoms with Gasteiger partial charge in [-0.3, -0.25) is 9.59 Å². The molecule has 0 saturated carbocycles. The largest absolute Gasteiger partial charge is 0.493 e. The number of carboxylic acids is 1. The van der Waals surface area contributed by atoms with Crippen LogP contribution in [0.2, 0.25) is 0 Å². The summed E-state index contributed by atoms with van der Waals surface area (Å²) in [5, 5.41) is 12.0. The maximum absolute atomic E-state index is 12.5. The van der Waals surface area contributed by atoms with E-state index in [0.717, 1.165) is 11.3 Å². The number of rotatable bonds is 7. The molecule has 1 aromatic carbocycles. The summed E-state index contributed by atoms with van der Waals surface area (Å²) < 4.78 is 15.1. The van der Waals surface area contributed by atoms with Crippen LogP contribution in [0.3, 0.4) is 0 Å². The van der Waals surface area contributed by atoms with Crippen LogP contribution in [0.25, 0.3) is 0 Å². The van der Waals surface area contributed by atoms with Crippen molar-refractivity contribution < 1.29 is 33.7 Å². The molecule has 0 radical (unpaired) electrons. The zero-order chi connectivity index (χ0) is 19.3. The van der Waals surface area contributed by atoms with E-state index in [9.17, 15) is 19.5 Å². The zero-order valence-electron chi connectivity index (χ0n) is 14.3. The number of carbonyl (C=O) groups excluding carboxylic acids is 2. The van der Waals surface area contributed by atoms with Gasteiger partial charge in [0.05, 0.1) is 19.8 Å². The number of hydrogen-bond acceptors (Lipinski definition) is 7. The van der Waals surface area contributed by atoms with Crippen molar-refractivity contribution in [3.63, 3.8) is 0 Å². The van der Waals surface area contributed by atoms with Gasteiger partial charge in [0.15, 0.2) is 11.5 Å². The number of aromatic carboxylic acids is 1. The molecular formula is C17H17NO7S. The lowest BCUT2D eigenvalue weighted by Gasteiger charge is -2.09. The first-order valence-corrected chi connectivity index (χ1v) is 8.20. The first-order valence-electron chi connectivity index (χ1n) is 7.38. The number of anilines is 1. The lowest BCUT2D eigenvalue weighted by Crippen LogP contribution is -2.13. The predicted octanol–water partition coefficient (Wildman–Crippen LogP) is 2.78. The lowest BCUT2D eigenvalue weighted by atomic mass is 10.2. The van der Waals surface area contributed by atoms with Gasteiger partial charge in [-0.05, 0) is 24.3 Å². The van der Waals surface area contributed by atoms with E-state index in [1.54, 1.807) is 6.07 Å². The number of nitrogens with one attached hydrogen (secondary N) is 1. The second kappa shape index (κ2) is 8.34. The molecule has 0 bridgehead atoms. The number of thiophene rings is 1. The lowest BCUT2D eigenvalue weighted by molar-refractivity contribution is -0.142. The monoisotopic (exact) mass is 379 g/mol.